The fraction of sp³-hybridized carbons (Fsp3) is 0.744. The molecule has 3 saturated heterocycles. The Morgan fingerprint density at radius 2 is 1.66 bits per heavy atom. The van der Waals surface area contributed by atoms with Crippen molar-refractivity contribution in [3.8, 4) is 11.3 Å². The number of carbonyl (C=O) groups is 4. The molecule has 0 aromatic carbocycles. The van der Waals surface area contributed by atoms with E-state index in [2.05, 4.69) is 15.0 Å². The molecule has 328 valence electrons. The number of carbonyl (C=O) groups excluding carboxylic acids is 4. The number of fused-ring (bicyclic) bond motifs is 1. The van der Waals surface area contributed by atoms with E-state index in [9.17, 15) is 24.3 Å². The lowest BCUT2D eigenvalue weighted by Gasteiger charge is -2.47. The maximum Gasteiger partial charge on any atom is 0.410 e. The molecule has 2 aromatic heterocycles. The van der Waals surface area contributed by atoms with Crippen molar-refractivity contribution in [2.24, 2.45) is 23.7 Å². The number of amides is 1. The fourth-order valence-electron chi connectivity index (χ4n) is 9.64. The van der Waals surface area contributed by atoms with Crippen LogP contribution >= 0.6 is 0 Å². The van der Waals surface area contributed by atoms with E-state index in [1.807, 2.05) is 64.4 Å². The predicted octanol–water partition coefficient (Wildman–Crippen LogP) is 4.71. The second-order valence-electron chi connectivity index (χ2n) is 17.3. The van der Waals surface area contributed by atoms with Gasteiger partial charge in [0.05, 0.1) is 35.9 Å². The molecule has 5 heterocycles. The molecule has 3 fully saturated rings. The zero-order chi connectivity index (χ0) is 43.4. The first kappa shape index (κ1) is 46.2. The highest BCUT2D eigenvalue weighted by Crippen LogP contribution is 2.45. The molecule has 0 aliphatic carbocycles. The van der Waals surface area contributed by atoms with Crippen LogP contribution in [0.3, 0.4) is 0 Å². The summed E-state index contributed by atoms with van der Waals surface area (Å²) in [6, 6.07) is -1.06. The van der Waals surface area contributed by atoms with Gasteiger partial charge in [0.2, 0.25) is 0 Å². The molecule has 1 amide bonds. The Labute approximate surface area is 348 Å². The van der Waals surface area contributed by atoms with Crippen molar-refractivity contribution in [3.63, 3.8) is 0 Å². The third kappa shape index (κ3) is 9.56. The van der Waals surface area contributed by atoms with Crippen LogP contribution in [0, 0.1) is 23.7 Å². The molecule has 1 N–H and O–H groups in total. The lowest BCUT2D eigenvalue weighted by atomic mass is 9.72. The average molecular weight is 827 g/mol. The van der Waals surface area contributed by atoms with E-state index in [4.69, 9.17) is 23.7 Å². The minimum atomic E-state index is -1.36. The number of ketones is 2. The highest BCUT2D eigenvalue weighted by Gasteiger charge is 2.62. The minimum Gasteiger partial charge on any atom is -0.457 e. The number of hydrogen-bond acceptors (Lipinski definition) is 14. The van der Waals surface area contributed by atoms with Crippen LogP contribution < -0.4 is 0 Å². The normalized spacial score (nSPS) is 36.3. The first-order chi connectivity index (χ1) is 27.9. The number of cyclic esters (lactones) is 1. The number of nitrogens with zero attached hydrogens (tertiary/aromatic N) is 6. The molecule has 16 nitrogen and oxygen atoms in total. The molecule has 5 rings (SSSR count). The van der Waals surface area contributed by atoms with E-state index in [1.54, 1.807) is 37.5 Å². The number of Topliss-reactive ketones (excluding diaryl/α,β-unsaturated/α-hetero) is 2. The summed E-state index contributed by atoms with van der Waals surface area (Å²) in [5.41, 5.74) is -1.08. The van der Waals surface area contributed by atoms with Crippen molar-refractivity contribution in [1.82, 2.24) is 29.3 Å². The van der Waals surface area contributed by atoms with Gasteiger partial charge in [0, 0.05) is 68.1 Å². The number of unbranched alkanes of at least 4 members (excludes halogenated alkanes) is 1. The van der Waals surface area contributed by atoms with Crippen LogP contribution in [0.25, 0.3) is 11.3 Å². The zero-order valence-electron chi connectivity index (χ0n) is 36.7. The summed E-state index contributed by atoms with van der Waals surface area (Å²) in [7, 11) is 5.24. The molecular weight excluding hydrogens is 761 g/mol. The Kier molecular flexibility index (Phi) is 15.1. The van der Waals surface area contributed by atoms with Crippen molar-refractivity contribution < 1.29 is 48.0 Å². The zero-order valence-corrected chi connectivity index (χ0v) is 36.7. The van der Waals surface area contributed by atoms with Gasteiger partial charge >= 0.3 is 12.1 Å². The third-order valence-electron chi connectivity index (χ3n) is 13.1. The summed E-state index contributed by atoms with van der Waals surface area (Å²) in [5.74, 6) is -4.95. The summed E-state index contributed by atoms with van der Waals surface area (Å²) in [6.07, 6.45) is 6.04. The Morgan fingerprint density at radius 1 is 0.983 bits per heavy atom. The quantitative estimate of drug-likeness (QED) is 0.176. The second-order valence-corrected chi connectivity index (χ2v) is 17.3. The van der Waals surface area contributed by atoms with Gasteiger partial charge in [-0.2, -0.15) is 0 Å². The number of likely N-dealkylation sites (N-methyl/N-ethyl adjacent to an activating group) is 1. The van der Waals surface area contributed by atoms with Crippen molar-refractivity contribution in [2.75, 3.05) is 27.7 Å². The Morgan fingerprint density at radius 3 is 2.29 bits per heavy atom. The average Bonchev–Trinajstić information content (AvgIpc) is 3.82. The van der Waals surface area contributed by atoms with Crippen LogP contribution in [-0.2, 0) is 44.6 Å². The van der Waals surface area contributed by atoms with Crippen LogP contribution in [-0.4, -0.2) is 140 Å². The van der Waals surface area contributed by atoms with Crippen LogP contribution in [0.2, 0.25) is 0 Å². The maximum atomic E-state index is 14.8. The van der Waals surface area contributed by atoms with Gasteiger partial charge in [-0.15, -0.1) is 0 Å². The van der Waals surface area contributed by atoms with Gasteiger partial charge in [0.25, 0.3) is 0 Å². The Bertz CT molecular complexity index is 1760. The molecule has 13 atom stereocenters. The number of imidazole rings is 1. The Hall–Kier alpha value is -3.83. The molecule has 59 heavy (non-hydrogen) atoms. The second kappa shape index (κ2) is 19.3. The number of esters is 1. The van der Waals surface area contributed by atoms with Crippen molar-refractivity contribution in [3.05, 3.63) is 31.2 Å². The highest BCUT2D eigenvalue weighted by molar-refractivity contribution is 6.00. The molecule has 3 aliphatic heterocycles. The van der Waals surface area contributed by atoms with Crippen molar-refractivity contribution in [2.45, 2.75) is 154 Å². The van der Waals surface area contributed by atoms with Crippen LogP contribution in [0.1, 0.15) is 93.9 Å². The summed E-state index contributed by atoms with van der Waals surface area (Å²) < 4.78 is 33.5. The Balaban J connectivity index is 1.46. The summed E-state index contributed by atoms with van der Waals surface area (Å²) in [6.45, 7) is 15.1. The maximum absolute atomic E-state index is 14.8. The van der Waals surface area contributed by atoms with Gasteiger partial charge in [0.1, 0.15) is 30.2 Å². The van der Waals surface area contributed by atoms with Crippen molar-refractivity contribution >= 4 is 23.6 Å². The number of hydrogen-bond donors (Lipinski definition) is 1. The van der Waals surface area contributed by atoms with Crippen molar-refractivity contribution in [1.29, 1.82) is 0 Å². The van der Waals surface area contributed by atoms with Gasteiger partial charge in [0.15, 0.2) is 17.7 Å². The van der Waals surface area contributed by atoms with Gasteiger partial charge in [-0.3, -0.25) is 14.4 Å². The molecule has 0 saturated carbocycles. The van der Waals surface area contributed by atoms with E-state index in [0.717, 1.165) is 11.3 Å². The fourth-order valence-corrected chi connectivity index (χ4v) is 9.64. The summed E-state index contributed by atoms with van der Waals surface area (Å²) >= 11 is 0. The van der Waals surface area contributed by atoms with Gasteiger partial charge in [-0.25, -0.2) is 19.7 Å². The van der Waals surface area contributed by atoms with E-state index in [0.29, 0.717) is 32.4 Å². The van der Waals surface area contributed by atoms with Gasteiger partial charge < -0.3 is 43.2 Å². The molecular formula is C43H66N6O10. The monoisotopic (exact) mass is 826 g/mol. The largest absolute Gasteiger partial charge is 0.457 e. The lowest BCUT2D eigenvalue weighted by Crippen LogP contribution is -2.61. The minimum absolute atomic E-state index is 0.128. The lowest BCUT2D eigenvalue weighted by molar-refractivity contribution is -0.295. The number of methoxy groups -OCH3 is 1. The standard InChI is InChI=1S/C43H66N6O10/c1-12-33-43(13-2)37(49(41(54)59-43)17-15-14-16-48-22-31(46-24-48)30-20-44-23-45-21-30)27(5)34(50)25(3)19-42(8,55-11)38(28(6)35(51)29(7)39(53)57-33)58-40-36(52)32(47(9)10)18-26(4)56-40/h20-29,32-33,36-38,40,52H,12-19H2,1-11H3/t25-,26-,27+,28+,29-,32+,33-,36-,37-,38-,40?,42+,43-/m1/s1. The molecule has 3 aliphatic rings. The summed E-state index contributed by atoms with van der Waals surface area (Å²) in [5, 5.41) is 11.5. The number of aliphatic hydroxyl groups excluding tert-OH is 1. The summed E-state index contributed by atoms with van der Waals surface area (Å²) in [4.78, 5) is 73.4. The topological polar surface area (TPSA) is 185 Å². The highest BCUT2D eigenvalue weighted by atomic mass is 16.7. The number of rotatable bonds is 12. The van der Waals surface area contributed by atoms with Crippen LogP contribution in [0.5, 0.6) is 0 Å². The number of ether oxygens (including phenoxy) is 5. The molecule has 0 radical (unpaired) electrons. The third-order valence-corrected chi connectivity index (χ3v) is 13.1. The van der Waals surface area contributed by atoms with Gasteiger partial charge in [-0.05, 0) is 73.4 Å². The van der Waals surface area contributed by atoms with E-state index in [1.165, 1.54) is 20.4 Å². The first-order valence-electron chi connectivity index (χ1n) is 21.2. The molecule has 16 heteroatoms. The number of aliphatic hydroxyl groups is 1. The van der Waals surface area contributed by atoms with E-state index >= 15 is 0 Å². The van der Waals surface area contributed by atoms with Crippen LogP contribution in [0.15, 0.2) is 31.2 Å². The number of aromatic nitrogens is 4. The van der Waals surface area contributed by atoms with E-state index in [-0.39, 0.29) is 37.2 Å². The first-order valence-corrected chi connectivity index (χ1v) is 21.2. The molecule has 2 aromatic rings. The molecule has 0 spiro atoms. The smallest absolute Gasteiger partial charge is 0.410 e. The van der Waals surface area contributed by atoms with Crippen LogP contribution in [0.4, 0.5) is 4.79 Å². The molecule has 0 bridgehead atoms. The van der Waals surface area contributed by atoms with E-state index < -0.39 is 83.4 Å². The van der Waals surface area contributed by atoms with Gasteiger partial charge in [-0.1, -0.05) is 34.6 Å². The molecule has 1 unspecified atom stereocenters. The predicted molar refractivity (Wildman–Crippen MR) is 217 cm³/mol. The number of aryl methyl sites for hydroxylation is 1. The SMILES string of the molecule is CC[C@H]1OC(=O)[C@H](C)C(=O)[C@H](C)[C@@H](OC2O[C@H](C)C[C@H](N(C)C)[C@H]2O)[C@@](C)(OC)C[C@@H](C)C(=O)[C@H](C)[C@H]2N(CCCCn3cnc(-c4cncnc4)c3)C(=O)O[C@]12CC.